The fourth-order valence-corrected chi connectivity index (χ4v) is 3.33. The van der Waals surface area contributed by atoms with Gasteiger partial charge in [0.1, 0.15) is 0 Å². The second-order valence-electron chi connectivity index (χ2n) is 5.33. The highest BCUT2D eigenvalue weighted by Crippen LogP contribution is 2.33. The van der Waals surface area contributed by atoms with Gasteiger partial charge >= 0.3 is 0 Å². The number of hydrogen-bond acceptors (Lipinski definition) is 3. The van der Waals surface area contributed by atoms with E-state index in [2.05, 4.69) is 51.3 Å². The minimum Gasteiger partial charge on any atom is -0.396 e. The Morgan fingerprint density at radius 3 is 2.95 bits per heavy atom. The Morgan fingerprint density at radius 1 is 1.53 bits per heavy atom. The summed E-state index contributed by atoms with van der Waals surface area (Å²) in [6.45, 7) is 4.61. The van der Waals surface area contributed by atoms with Crippen LogP contribution >= 0.6 is 15.9 Å². The lowest BCUT2D eigenvalue weighted by Gasteiger charge is -2.22. The highest BCUT2D eigenvalue weighted by atomic mass is 79.9. The fourth-order valence-electron chi connectivity index (χ4n) is 2.69. The molecule has 106 valence electrons. The molecule has 19 heavy (non-hydrogen) atoms. The first-order chi connectivity index (χ1) is 9.15. The van der Waals surface area contributed by atoms with Gasteiger partial charge in [-0.15, -0.1) is 0 Å². The Hall–Kier alpha value is -0.580. The second-order valence-corrected chi connectivity index (χ2v) is 6.19. The van der Waals surface area contributed by atoms with Crippen LogP contribution in [0, 0.1) is 5.92 Å². The third-order valence-electron chi connectivity index (χ3n) is 4.07. The minimum absolute atomic E-state index is 0.304. The van der Waals surface area contributed by atoms with Crippen molar-refractivity contribution in [2.24, 2.45) is 5.92 Å². The van der Waals surface area contributed by atoms with E-state index in [9.17, 15) is 0 Å². The molecule has 0 bridgehead atoms. The molecule has 3 nitrogen and oxygen atoms in total. The first kappa shape index (κ1) is 14.8. The number of hydrogen-bond donors (Lipinski definition) is 2. The molecule has 1 heterocycles. The molecule has 4 heteroatoms. The van der Waals surface area contributed by atoms with E-state index in [0.29, 0.717) is 18.6 Å². The molecule has 1 aromatic carbocycles. The number of halogens is 1. The van der Waals surface area contributed by atoms with Gasteiger partial charge in [-0.2, -0.15) is 0 Å². The number of rotatable bonds is 5. The second kappa shape index (κ2) is 6.73. The maximum Gasteiger partial charge on any atom is 0.0510 e. The largest absolute Gasteiger partial charge is 0.396 e. The van der Waals surface area contributed by atoms with Crippen LogP contribution in [0.3, 0.4) is 0 Å². The summed E-state index contributed by atoms with van der Waals surface area (Å²) in [7, 11) is 1.98. The zero-order valence-electron chi connectivity index (χ0n) is 11.7. The van der Waals surface area contributed by atoms with Crippen LogP contribution in [0.15, 0.2) is 22.7 Å². The van der Waals surface area contributed by atoms with Gasteiger partial charge in [0.2, 0.25) is 0 Å². The highest BCUT2D eigenvalue weighted by molar-refractivity contribution is 9.10. The molecule has 2 unspecified atom stereocenters. The van der Waals surface area contributed by atoms with Crippen LogP contribution in [-0.4, -0.2) is 31.9 Å². The van der Waals surface area contributed by atoms with E-state index in [4.69, 9.17) is 5.11 Å². The number of nitrogens with one attached hydrogen (secondary N) is 1. The maximum absolute atomic E-state index is 9.03. The summed E-state index contributed by atoms with van der Waals surface area (Å²) in [4.78, 5) is 2.41. The van der Waals surface area contributed by atoms with E-state index >= 15 is 0 Å². The zero-order chi connectivity index (χ0) is 13.8. The first-order valence-electron chi connectivity index (χ1n) is 6.98. The van der Waals surface area contributed by atoms with Crippen molar-refractivity contribution in [3.63, 3.8) is 0 Å². The third-order valence-corrected chi connectivity index (χ3v) is 4.70. The van der Waals surface area contributed by atoms with E-state index in [1.54, 1.807) is 0 Å². The number of aliphatic hydroxyl groups is 1. The van der Waals surface area contributed by atoms with Gasteiger partial charge in [0, 0.05) is 30.2 Å². The van der Waals surface area contributed by atoms with Crippen molar-refractivity contribution in [3.05, 3.63) is 28.2 Å². The van der Waals surface area contributed by atoms with Crippen molar-refractivity contribution in [2.45, 2.75) is 25.8 Å². The lowest BCUT2D eigenvalue weighted by molar-refractivity contribution is 0.263. The summed E-state index contributed by atoms with van der Waals surface area (Å²) >= 11 is 3.69. The number of anilines is 1. The van der Waals surface area contributed by atoms with Crippen LogP contribution in [0.1, 0.15) is 31.4 Å². The zero-order valence-corrected chi connectivity index (χ0v) is 13.3. The van der Waals surface area contributed by atoms with Gasteiger partial charge in [0.25, 0.3) is 0 Å². The van der Waals surface area contributed by atoms with Crippen LogP contribution in [0.4, 0.5) is 5.69 Å². The Kier molecular flexibility index (Phi) is 5.25. The molecule has 1 aromatic rings. The number of aliphatic hydroxyl groups excluding tert-OH is 1. The quantitative estimate of drug-likeness (QED) is 0.873. The molecule has 0 spiro atoms. The van der Waals surface area contributed by atoms with Crippen molar-refractivity contribution < 1.29 is 5.11 Å². The predicted molar refractivity (Wildman–Crippen MR) is 83.6 cm³/mol. The summed E-state index contributed by atoms with van der Waals surface area (Å²) in [5.74, 6) is 0.632. The smallest absolute Gasteiger partial charge is 0.0510 e. The van der Waals surface area contributed by atoms with Gasteiger partial charge in [-0.1, -0.05) is 6.07 Å². The van der Waals surface area contributed by atoms with Gasteiger partial charge in [0.15, 0.2) is 0 Å². The molecule has 1 aliphatic heterocycles. The van der Waals surface area contributed by atoms with Crippen LogP contribution in [0.5, 0.6) is 0 Å². The van der Waals surface area contributed by atoms with Crippen molar-refractivity contribution in [1.29, 1.82) is 0 Å². The molecular weight excluding hydrogens is 304 g/mol. The third kappa shape index (κ3) is 3.50. The van der Waals surface area contributed by atoms with Gasteiger partial charge in [-0.25, -0.2) is 0 Å². The van der Waals surface area contributed by atoms with Crippen molar-refractivity contribution >= 4 is 21.6 Å². The molecule has 0 saturated carbocycles. The van der Waals surface area contributed by atoms with Gasteiger partial charge in [-0.3, -0.25) is 0 Å². The fraction of sp³-hybridized carbons (Fsp3) is 0.600. The Labute approximate surface area is 124 Å². The molecule has 1 aliphatic rings. The van der Waals surface area contributed by atoms with Crippen LogP contribution in [-0.2, 0) is 0 Å². The molecule has 0 aromatic heterocycles. The summed E-state index contributed by atoms with van der Waals surface area (Å²) < 4.78 is 1.16. The number of benzene rings is 1. The van der Waals surface area contributed by atoms with E-state index < -0.39 is 0 Å². The summed E-state index contributed by atoms with van der Waals surface area (Å²) in [5.41, 5.74) is 2.57. The Morgan fingerprint density at radius 2 is 2.32 bits per heavy atom. The highest BCUT2D eigenvalue weighted by Gasteiger charge is 2.23. The first-order valence-corrected chi connectivity index (χ1v) is 7.77. The minimum atomic E-state index is 0.304. The van der Waals surface area contributed by atoms with Crippen LogP contribution in [0.2, 0.25) is 0 Å². The standard InChI is InChI=1S/C15H23BrN2O/c1-11(17-2)13-3-4-15(14(16)9-13)18-7-5-12(10-18)6-8-19/h3-4,9,11-12,17,19H,5-8,10H2,1-2H3. The summed E-state index contributed by atoms with van der Waals surface area (Å²) in [5, 5.41) is 12.3. The normalized spacial score (nSPS) is 20.8. The average Bonchev–Trinajstić information content (AvgIpc) is 2.86. The lowest BCUT2D eigenvalue weighted by Crippen LogP contribution is -2.20. The SMILES string of the molecule is CNC(C)c1ccc(N2CCC(CCO)C2)c(Br)c1. The molecular formula is C15H23BrN2O. The topological polar surface area (TPSA) is 35.5 Å². The van der Waals surface area contributed by atoms with Crippen molar-refractivity contribution in [1.82, 2.24) is 5.32 Å². The molecule has 2 rings (SSSR count). The molecule has 2 N–H and O–H groups in total. The van der Waals surface area contributed by atoms with Gasteiger partial charge in [0.05, 0.1) is 5.69 Å². The average molecular weight is 327 g/mol. The Balaban J connectivity index is 2.09. The van der Waals surface area contributed by atoms with E-state index in [0.717, 1.165) is 24.0 Å². The molecule has 1 saturated heterocycles. The molecule has 0 amide bonds. The lowest BCUT2D eigenvalue weighted by atomic mass is 10.1. The molecule has 0 radical (unpaired) electrons. The van der Waals surface area contributed by atoms with Gasteiger partial charge in [-0.05, 0) is 66.4 Å². The molecule has 0 aliphatic carbocycles. The summed E-state index contributed by atoms with van der Waals surface area (Å²) in [6.07, 6.45) is 2.10. The van der Waals surface area contributed by atoms with E-state index in [1.807, 2.05) is 7.05 Å². The Bertz CT molecular complexity index is 425. The molecule has 1 fully saturated rings. The van der Waals surface area contributed by atoms with Crippen molar-refractivity contribution in [2.75, 3.05) is 31.6 Å². The summed E-state index contributed by atoms with van der Waals surface area (Å²) in [6, 6.07) is 6.97. The predicted octanol–water partition coefficient (Wildman–Crippen LogP) is 2.94. The van der Waals surface area contributed by atoms with E-state index in [-0.39, 0.29) is 0 Å². The maximum atomic E-state index is 9.03. The van der Waals surface area contributed by atoms with Gasteiger partial charge < -0.3 is 15.3 Å². The van der Waals surface area contributed by atoms with Crippen LogP contribution in [0.25, 0.3) is 0 Å². The van der Waals surface area contributed by atoms with Crippen LogP contribution < -0.4 is 10.2 Å². The monoisotopic (exact) mass is 326 g/mol. The van der Waals surface area contributed by atoms with E-state index in [1.165, 1.54) is 17.7 Å². The number of nitrogens with zero attached hydrogens (tertiary/aromatic N) is 1. The molecule has 2 atom stereocenters. The van der Waals surface area contributed by atoms with Crippen molar-refractivity contribution in [3.8, 4) is 0 Å².